The van der Waals surface area contributed by atoms with E-state index in [0.29, 0.717) is 25.4 Å². The number of amides is 2. The first kappa shape index (κ1) is 18.2. The monoisotopic (exact) mass is 362 g/mol. The first-order valence-corrected chi connectivity index (χ1v) is 9.80. The summed E-state index contributed by atoms with van der Waals surface area (Å²) in [6.07, 6.45) is 7.59. The molecule has 2 amide bonds. The Kier molecular flexibility index (Phi) is 6.35. The van der Waals surface area contributed by atoms with Crippen molar-refractivity contribution in [2.45, 2.75) is 57.4 Å². The van der Waals surface area contributed by atoms with E-state index in [1.165, 1.54) is 18.4 Å². The lowest BCUT2D eigenvalue weighted by atomic mass is 10.1. The van der Waals surface area contributed by atoms with Crippen LogP contribution in [-0.4, -0.2) is 35.8 Å². The molecular formula is C20H27ClN2O2. The molecule has 1 aromatic rings. The summed E-state index contributed by atoms with van der Waals surface area (Å²) in [4.78, 5) is 26.3. The lowest BCUT2D eigenvalue weighted by molar-refractivity contribution is -0.129. The molecule has 1 saturated heterocycles. The number of benzene rings is 1. The Morgan fingerprint density at radius 2 is 1.92 bits per heavy atom. The van der Waals surface area contributed by atoms with Gasteiger partial charge in [-0.3, -0.25) is 9.59 Å². The van der Waals surface area contributed by atoms with Crippen molar-refractivity contribution in [2.24, 2.45) is 5.92 Å². The van der Waals surface area contributed by atoms with Crippen molar-refractivity contribution in [2.75, 3.05) is 13.1 Å². The van der Waals surface area contributed by atoms with Crippen molar-refractivity contribution in [1.29, 1.82) is 0 Å². The van der Waals surface area contributed by atoms with Crippen molar-refractivity contribution in [1.82, 2.24) is 10.2 Å². The first-order chi connectivity index (χ1) is 12.1. The predicted molar refractivity (Wildman–Crippen MR) is 99.5 cm³/mol. The molecule has 0 radical (unpaired) electrons. The maximum atomic E-state index is 12.2. The Balaban J connectivity index is 1.33. The normalized spacial score (nSPS) is 21.1. The van der Waals surface area contributed by atoms with Gasteiger partial charge in [0.15, 0.2) is 0 Å². The molecule has 2 aliphatic rings. The number of carbonyl (C=O) groups excluding carboxylic acids is 2. The molecule has 1 unspecified atom stereocenters. The number of aryl methyl sites for hydroxylation is 1. The van der Waals surface area contributed by atoms with Crippen molar-refractivity contribution in [3.8, 4) is 0 Å². The molecule has 0 aromatic heterocycles. The molecule has 3 rings (SSSR count). The van der Waals surface area contributed by atoms with Crippen LogP contribution >= 0.6 is 11.6 Å². The molecule has 1 heterocycles. The number of rotatable bonds is 7. The molecule has 1 N–H and O–H groups in total. The van der Waals surface area contributed by atoms with E-state index in [-0.39, 0.29) is 17.7 Å². The summed E-state index contributed by atoms with van der Waals surface area (Å²) >= 11 is 5.87. The molecule has 5 heteroatoms. The quantitative estimate of drug-likeness (QED) is 0.806. The highest BCUT2D eigenvalue weighted by atomic mass is 35.5. The van der Waals surface area contributed by atoms with Gasteiger partial charge in [0.05, 0.1) is 0 Å². The average Bonchev–Trinajstić information content (AvgIpc) is 3.24. The zero-order chi connectivity index (χ0) is 17.6. The maximum absolute atomic E-state index is 12.2. The Morgan fingerprint density at radius 3 is 2.64 bits per heavy atom. The zero-order valence-electron chi connectivity index (χ0n) is 14.7. The molecule has 0 spiro atoms. The molecule has 2 fully saturated rings. The van der Waals surface area contributed by atoms with E-state index in [4.69, 9.17) is 11.6 Å². The Hall–Kier alpha value is -1.55. The van der Waals surface area contributed by atoms with Crippen LogP contribution in [0.5, 0.6) is 0 Å². The van der Waals surface area contributed by atoms with E-state index in [1.807, 2.05) is 24.3 Å². The highest BCUT2D eigenvalue weighted by Gasteiger charge is 2.35. The molecule has 1 saturated carbocycles. The van der Waals surface area contributed by atoms with Crippen LogP contribution in [0, 0.1) is 5.92 Å². The van der Waals surface area contributed by atoms with E-state index in [1.54, 1.807) is 0 Å². The molecule has 0 bridgehead atoms. The number of halogens is 1. The van der Waals surface area contributed by atoms with Crippen LogP contribution < -0.4 is 5.32 Å². The molecule has 136 valence electrons. The number of hydrogen-bond acceptors (Lipinski definition) is 2. The fourth-order valence-corrected chi connectivity index (χ4v) is 4.09. The third kappa shape index (κ3) is 5.21. The largest absolute Gasteiger partial charge is 0.356 e. The number of likely N-dealkylation sites (tertiary alicyclic amines) is 1. The number of hydrogen-bond donors (Lipinski definition) is 1. The van der Waals surface area contributed by atoms with Crippen LogP contribution in [0.1, 0.15) is 50.5 Å². The van der Waals surface area contributed by atoms with Gasteiger partial charge in [-0.25, -0.2) is 0 Å². The van der Waals surface area contributed by atoms with Gasteiger partial charge in [0.1, 0.15) is 0 Å². The van der Waals surface area contributed by atoms with Crippen LogP contribution in [0.3, 0.4) is 0 Å². The lowest BCUT2D eigenvalue weighted by Gasteiger charge is -2.24. The minimum Gasteiger partial charge on any atom is -0.356 e. The second-order valence-electron chi connectivity index (χ2n) is 7.34. The summed E-state index contributed by atoms with van der Waals surface area (Å²) in [5, 5.41) is 3.75. The third-order valence-corrected chi connectivity index (χ3v) is 5.63. The Labute approximate surface area is 154 Å². The first-order valence-electron chi connectivity index (χ1n) is 9.42. The zero-order valence-corrected chi connectivity index (χ0v) is 15.4. The Morgan fingerprint density at radius 1 is 1.20 bits per heavy atom. The highest BCUT2D eigenvalue weighted by molar-refractivity contribution is 6.30. The van der Waals surface area contributed by atoms with E-state index < -0.39 is 0 Å². The van der Waals surface area contributed by atoms with Gasteiger partial charge in [0.25, 0.3) is 0 Å². The van der Waals surface area contributed by atoms with Crippen molar-refractivity contribution in [3.63, 3.8) is 0 Å². The fraction of sp³-hybridized carbons (Fsp3) is 0.600. The lowest BCUT2D eigenvalue weighted by Crippen LogP contribution is -2.36. The number of carbonyl (C=O) groups is 2. The van der Waals surface area contributed by atoms with E-state index in [0.717, 1.165) is 37.3 Å². The number of nitrogens with one attached hydrogen (secondary N) is 1. The van der Waals surface area contributed by atoms with Gasteiger partial charge in [-0.05, 0) is 43.4 Å². The average molecular weight is 363 g/mol. The highest BCUT2D eigenvalue weighted by Crippen LogP contribution is 2.29. The summed E-state index contributed by atoms with van der Waals surface area (Å²) in [6, 6.07) is 8.21. The maximum Gasteiger partial charge on any atom is 0.223 e. The van der Waals surface area contributed by atoms with Crippen LogP contribution in [0.2, 0.25) is 5.02 Å². The van der Waals surface area contributed by atoms with Gasteiger partial charge in [-0.1, -0.05) is 36.6 Å². The van der Waals surface area contributed by atoms with Crippen LogP contribution in [-0.2, 0) is 16.0 Å². The predicted octanol–water partition coefficient (Wildman–Crippen LogP) is 3.57. The van der Waals surface area contributed by atoms with Crippen molar-refractivity contribution in [3.05, 3.63) is 34.9 Å². The third-order valence-electron chi connectivity index (χ3n) is 5.37. The molecule has 25 heavy (non-hydrogen) atoms. The summed E-state index contributed by atoms with van der Waals surface area (Å²) in [5.41, 5.74) is 1.20. The van der Waals surface area contributed by atoms with E-state index >= 15 is 0 Å². The van der Waals surface area contributed by atoms with E-state index in [2.05, 4.69) is 10.2 Å². The molecule has 1 atom stereocenters. The smallest absolute Gasteiger partial charge is 0.223 e. The van der Waals surface area contributed by atoms with Crippen molar-refractivity contribution >= 4 is 23.4 Å². The minimum atomic E-state index is 0.0840. The summed E-state index contributed by atoms with van der Waals surface area (Å²) in [7, 11) is 0. The van der Waals surface area contributed by atoms with Gasteiger partial charge in [-0.2, -0.15) is 0 Å². The van der Waals surface area contributed by atoms with Crippen LogP contribution in [0.15, 0.2) is 24.3 Å². The van der Waals surface area contributed by atoms with Gasteiger partial charge >= 0.3 is 0 Å². The molecule has 1 aromatic carbocycles. The van der Waals surface area contributed by atoms with Crippen molar-refractivity contribution < 1.29 is 9.59 Å². The van der Waals surface area contributed by atoms with Gasteiger partial charge in [0, 0.05) is 42.9 Å². The Bertz CT molecular complexity index is 596. The standard InChI is InChI=1S/C20H27ClN2O2/c21-17-10-8-15(9-11-17)4-3-7-19(24)22-13-16-12-20(25)23(14-16)18-5-1-2-6-18/h8-11,16,18H,1-7,12-14H2,(H,22,24). The van der Waals surface area contributed by atoms with Crippen LogP contribution in [0.25, 0.3) is 0 Å². The van der Waals surface area contributed by atoms with E-state index in [9.17, 15) is 9.59 Å². The summed E-state index contributed by atoms with van der Waals surface area (Å²) in [6.45, 7) is 1.43. The van der Waals surface area contributed by atoms with Gasteiger partial charge in [0.2, 0.25) is 11.8 Å². The topological polar surface area (TPSA) is 49.4 Å². The van der Waals surface area contributed by atoms with Gasteiger partial charge in [-0.15, -0.1) is 0 Å². The summed E-state index contributed by atoms with van der Waals surface area (Å²) < 4.78 is 0. The van der Waals surface area contributed by atoms with Gasteiger partial charge < -0.3 is 10.2 Å². The second-order valence-corrected chi connectivity index (χ2v) is 7.78. The van der Waals surface area contributed by atoms with Crippen LogP contribution in [0.4, 0.5) is 0 Å². The number of nitrogens with zero attached hydrogens (tertiary/aromatic N) is 1. The minimum absolute atomic E-state index is 0.0840. The second kappa shape index (κ2) is 8.70. The fourth-order valence-electron chi connectivity index (χ4n) is 3.96. The summed E-state index contributed by atoms with van der Waals surface area (Å²) in [5.74, 6) is 0.628. The molecule has 4 nitrogen and oxygen atoms in total. The molecular weight excluding hydrogens is 336 g/mol. The molecule has 1 aliphatic heterocycles. The molecule has 1 aliphatic carbocycles. The SMILES string of the molecule is O=C(CCCc1ccc(Cl)cc1)NCC1CC(=O)N(C2CCCC2)C1.